The van der Waals surface area contributed by atoms with Gasteiger partial charge < -0.3 is 10.6 Å². The zero-order chi connectivity index (χ0) is 17.9. The number of benzene rings is 2. The van der Waals surface area contributed by atoms with Crippen LogP contribution in [0.2, 0.25) is 0 Å². The number of nitrogens with zero attached hydrogens (tertiary/aromatic N) is 3. The zero-order valence-electron chi connectivity index (χ0n) is 13.2. The lowest BCUT2D eigenvalue weighted by atomic mass is 10.1. The third-order valence-electron chi connectivity index (χ3n) is 3.33. The van der Waals surface area contributed by atoms with E-state index in [1.54, 1.807) is 0 Å². The maximum atomic E-state index is 13.1. The summed E-state index contributed by atoms with van der Waals surface area (Å²) in [4.78, 5) is 4.15. The Kier molecular flexibility index (Phi) is 4.51. The van der Waals surface area contributed by atoms with Crippen LogP contribution in [0.25, 0.3) is 0 Å². The van der Waals surface area contributed by atoms with Crippen LogP contribution in [0, 0.1) is 6.92 Å². The van der Waals surface area contributed by atoms with E-state index in [0.29, 0.717) is 0 Å². The topological polar surface area (TPSA) is 62.7 Å². The van der Waals surface area contributed by atoms with Gasteiger partial charge in [-0.1, -0.05) is 24.3 Å². The number of hydrogen-bond acceptors (Lipinski definition) is 5. The van der Waals surface area contributed by atoms with Gasteiger partial charge in [0.05, 0.1) is 17.4 Å². The molecule has 2 N–H and O–H groups in total. The predicted octanol–water partition coefficient (Wildman–Crippen LogP) is 4.69. The average molecular weight is 345 g/mol. The summed E-state index contributed by atoms with van der Waals surface area (Å²) in [5.41, 5.74) is 0.930. The van der Waals surface area contributed by atoms with Crippen molar-refractivity contribution in [2.24, 2.45) is 0 Å². The average Bonchev–Trinajstić information content (AvgIpc) is 2.55. The summed E-state index contributed by atoms with van der Waals surface area (Å²) in [6.07, 6.45) is -3.21. The van der Waals surface area contributed by atoms with Gasteiger partial charge in [0.1, 0.15) is 0 Å². The number of aryl methyl sites for hydroxylation is 1. The van der Waals surface area contributed by atoms with Crippen LogP contribution in [0.3, 0.4) is 0 Å². The van der Waals surface area contributed by atoms with Crippen molar-refractivity contribution in [3.8, 4) is 0 Å². The summed E-state index contributed by atoms with van der Waals surface area (Å²) in [6.45, 7) is 1.94. The molecule has 0 saturated heterocycles. The van der Waals surface area contributed by atoms with Gasteiger partial charge >= 0.3 is 6.18 Å². The molecule has 3 rings (SSSR count). The molecule has 3 aromatic rings. The Labute approximate surface area is 141 Å². The van der Waals surface area contributed by atoms with Gasteiger partial charge in [0.15, 0.2) is 5.82 Å². The number of alkyl halides is 3. The van der Waals surface area contributed by atoms with E-state index < -0.39 is 11.7 Å². The van der Waals surface area contributed by atoms with Crippen LogP contribution in [0.4, 0.5) is 36.3 Å². The maximum absolute atomic E-state index is 13.1. The van der Waals surface area contributed by atoms with E-state index in [1.807, 2.05) is 31.2 Å². The van der Waals surface area contributed by atoms with E-state index >= 15 is 0 Å². The molecule has 128 valence electrons. The number of halogens is 3. The molecule has 0 amide bonds. The highest BCUT2D eigenvalue weighted by molar-refractivity contribution is 5.62. The summed E-state index contributed by atoms with van der Waals surface area (Å²) in [5, 5.41) is 13.2. The van der Waals surface area contributed by atoms with Gasteiger partial charge in [0.25, 0.3) is 0 Å². The molecule has 1 heterocycles. The Balaban J connectivity index is 1.83. The monoisotopic (exact) mass is 345 g/mol. The van der Waals surface area contributed by atoms with Crippen molar-refractivity contribution in [1.29, 1.82) is 0 Å². The second-order valence-electron chi connectivity index (χ2n) is 5.33. The van der Waals surface area contributed by atoms with E-state index in [-0.39, 0.29) is 17.5 Å². The van der Waals surface area contributed by atoms with E-state index in [1.165, 1.54) is 24.4 Å². The van der Waals surface area contributed by atoms with E-state index in [0.717, 1.165) is 17.3 Å². The molecule has 25 heavy (non-hydrogen) atoms. The lowest BCUT2D eigenvalue weighted by Gasteiger charge is -2.14. The summed E-state index contributed by atoms with van der Waals surface area (Å²) >= 11 is 0. The SMILES string of the molecule is Cc1cccc(Nc2nncc(Nc3ccccc3C(F)(F)F)n2)c1. The maximum Gasteiger partial charge on any atom is 0.418 e. The number of aromatic nitrogens is 3. The molecular weight excluding hydrogens is 331 g/mol. The molecule has 0 aliphatic rings. The van der Waals surface area contributed by atoms with Gasteiger partial charge in [-0.05, 0) is 36.8 Å². The first-order valence-corrected chi connectivity index (χ1v) is 7.38. The number of nitrogens with one attached hydrogen (secondary N) is 2. The first-order valence-electron chi connectivity index (χ1n) is 7.38. The fourth-order valence-corrected chi connectivity index (χ4v) is 2.25. The third kappa shape index (κ3) is 4.23. The highest BCUT2D eigenvalue weighted by Gasteiger charge is 2.33. The summed E-state index contributed by atoms with van der Waals surface area (Å²) in [5.74, 6) is 0.335. The predicted molar refractivity (Wildman–Crippen MR) is 89.0 cm³/mol. The summed E-state index contributed by atoms with van der Waals surface area (Å²) < 4.78 is 39.2. The van der Waals surface area contributed by atoms with E-state index in [2.05, 4.69) is 25.8 Å². The van der Waals surface area contributed by atoms with Crippen LogP contribution in [0.15, 0.2) is 54.7 Å². The molecule has 0 bridgehead atoms. The minimum atomic E-state index is -4.47. The highest BCUT2D eigenvalue weighted by atomic mass is 19.4. The minimum Gasteiger partial charge on any atom is -0.338 e. The van der Waals surface area contributed by atoms with Gasteiger partial charge in [-0.3, -0.25) is 0 Å². The number of hydrogen-bond donors (Lipinski definition) is 2. The Hall–Kier alpha value is -3.16. The van der Waals surface area contributed by atoms with Gasteiger partial charge in [0.2, 0.25) is 5.95 Å². The highest BCUT2D eigenvalue weighted by Crippen LogP contribution is 2.35. The molecule has 0 radical (unpaired) electrons. The minimum absolute atomic E-state index is 0.1000. The van der Waals surface area contributed by atoms with Gasteiger partial charge in [-0.15, -0.1) is 5.10 Å². The molecule has 1 aromatic heterocycles. The van der Waals surface area contributed by atoms with Crippen molar-refractivity contribution >= 4 is 23.1 Å². The van der Waals surface area contributed by atoms with Crippen LogP contribution in [-0.4, -0.2) is 15.2 Å². The van der Waals surface area contributed by atoms with Crippen molar-refractivity contribution < 1.29 is 13.2 Å². The van der Waals surface area contributed by atoms with Crippen molar-refractivity contribution in [3.63, 3.8) is 0 Å². The molecule has 0 aliphatic carbocycles. The van der Waals surface area contributed by atoms with Crippen LogP contribution in [-0.2, 0) is 6.18 Å². The molecule has 0 aliphatic heterocycles. The summed E-state index contributed by atoms with van der Waals surface area (Å²) in [6, 6.07) is 12.7. The molecule has 5 nitrogen and oxygen atoms in total. The van der Waals surface area contributed by atoms with Crippen LogP contribution in [0.1, 0.15) is 11.1 Å². The lowest BCUT2D eigenvalue weighted by Crippen LogP contribution is -2.09. The Morgan fingerprint density at radius 1 is 0.960 bits per heavy atom. The Morgan fingerprint density at radius 2 is 1.76 bits per heavy atom. The second kappa shape index (κ2) is 6.76. The molecule has 2 aromatic carbocycles. The number of para-hydroxylation sites is 1. The van der Waals surface area contributed by atoms with Crippen LogP contribution >= 0.6 is 0 Å². The van der Waals surface area contributed by atoms with Crippen LogP contribution in [0.5, 0.6) is 0 Å². The van der Waals surface area contributed by atoms with Crippen molar-refractivity contribution in [1.82, 2.24) is 15.2 Å². The normalized spacial score (nSPS) is 11.2. The number of rotatable bonds is 4. The van der Waals surface area contributed by atoms with E-state index in [4.69, 9.17) is 0 Å². The third-order valence-corrected chi connectivity index (χ3v) is 3.33. The fourth-order valence-electron chi connectivity index (χ4n) is 2.25. The van der Waals surface area contributed by atoms with Crippen LogP contribution < -0.4 is 10.6 Å². The molecule has 0 spiro atoms. The first-order chi connectivity index (χ1) is 11.9. The fraction of sp³-hybridized carbons (Fsp3) is 0.118. The van der Waals surface area contributed by atoms with Gasteiger partial charge in [-0.2, -0.15) is 23.3 Å². The lowest BCUT2D eigenvalue weighted by molar-refractivity contribution is -0.136. The molecule has 8 heteroatoms. The van der Waals surface area contributed by atoms with E-state index in [9.17, 15) is 13.2 Å². The second-order valence-corrected chi connectivity index (χ2v) is 5.33. The van der Waals surface area contributed by atoms with Crippen molar-refractivity contribution in [3.05, 3.63) is 65.9 Å². The first kappa shape index (κ1) is 16.7. The largest absolute Gasteiger partial charge is 0.418 e. The molecule has 0 fully saturated rings. The van der Waals surface area contributed by atoms with Gasteiger partial charge in [0, 0.05) is 5.69 Å². The Bertz CT molecular complexity index is 880. The molecule has 0 atom stereocenters. The Morgan fingerprint density at radius 3 is 2.52 bits per heavy atom. The van der Waals surface area contributed by atoms with Crippen molar-refractivity contribution in [2.75, 3.05) is 10.6 Å². The molecule has 0 unspecified atom stereocenters. The zero-order valence-corrected chi connectivity index (χ0v) is 13.2. The quantitative estimate of drug-likeness (QED) is 0.718. The number of anilines is 4. The molecular formula is C17H14F3N5. The summed E-state index contributed by atoms with van der Waals surface area (Å²) in [7, 11) is 0. The van der Waals surface area contributed by atoms with Crippen molar-refractivity contribution in [2.45, 2.75) is 13.1 Å². The molecule has 0 saturated carbocycles. The standard InChI is InChI=1S/C17H14F3N5/c1-11-5-4-6-12(9-11)22-16-24-15(10-21-25-16)23-14-8-3-2-7-13(14)17(18,19)20/h2-10H,1H3,(H2,22,23,24,25). The smallest absolute Gasteiger partial charge is 0.338 e. The van der Waals surface area contributed by atoms with Gasteiger partial charge in [-0.25, -0.2) is 0 Å².